The lowest BCUT2D eigenvalue weighted by Crippen LogP contribution is -2.17. The minimum Gasteiger partial charge on any atom is -0.434 e. The lowest BCUT2D eigenvalue weighted by Gasteiger charge is -2.21. The molecule has 0 spiro atoms. The van der Waals surface area contributed by atoms with Crippen LogP contribution in [0.5, 0.6) is 11.5 Å². The van der Waals surface area contributed by atoms with E-state index < -0.39 is 6.61 Å². The number of amides is 1. The number of nitrogens with one attached hydrogen (secondary N) is 1. The molecule has 1 aliphatic carbocycles. The van der Waals surface area contributed by atoms with Crippen molar-refractivity contribution >= 4 is 11.9 Å². The predicted molar refractivity (Wildman–Crippen MR) is 118 cm³/mol. The summed E-state index contributed by atoms with van der Waals surface area (Å²) in [7, 11) is 1.51. The van der Waals surface area contributed by atoms with Crippen LogP contribution < -0.4 is 14.8 Å². The van der Waals surface area contributed by atoms with Crippen LogP contribution in [0.2, 0.25) is 0 Å². The van der Waals surface area contributed by atoms with Gasteiger partial charge in [-0.3, -0.25) is 9.59 Å². The number of benzene rings is 2. The Morgan fingerprint density at radius 3 is 2.59 bits per heavy atom. The molecule has 0 atom stereocenters. The Morgan fingerprint density at radius 1 is 1.09 bits per heavy atom. The first-order valence-corrected chi connectivity index (χ1v) is 11.1. The Balaban J connectivity index is 1.72. The van der Waals surface area contributed by atoms with Crippen LogP contribution in [0, 0.1) is 5.92 Å². The maximum Gasteiger partial charge on any atom is 0.387 e. The van der Waals surface area contributed by atoms with Crippen molar-refractivity contribution in [3.8, 4) is 22.6 Å². The molecule has 1 N–H and O–H groups in total. The molecule has 0 bridgehead atoms. The molecule has 2 aromatic carbocycles. The van der Waals surface area contributed by atoms with Gasteiger partial charge in [-0.05, 0) is 54.7 Å². The molecule has 1 saturated carbocycles. The van der Waals surface area contributed by atoms with Crippen LogP contribution in [0.25, 0.3) is 11.1 Å². The summed E-state index contributed by atoms with van der Waals surface area (Å²) >= 11 is 0. The highest BCUT2D eigenvalue weighted by Gasteiger charge is 2.17. The van der Waals surface area contributed by atoms with Gasteiger partial charge in [-0.1, -0.05) is 44.2 Å². The van der Waals surface area contributed by atoms with Gasteiger partial charge in [-0.15, -0.1) is 0 Å². The first-order chi connectivity index (χ1) is 15.5. The van der Waals surface area contributed by atoms with Gasteiger partial charge in [0.05, 0.1) is 0 Å². The number of halogens is 2. The van der Waals surface area contributed by atoms with Crippen LogP contribution in [-0.2, 0) is 4.79 Å². The van der Waals surface area contributed by atoms with Crippen LogP contribution in [0.1, 0.15) is 61.7 Å². The van der Waals surface area contributed by atoms with Crippen LogP contribution in [-0.4, -0.2) is 25.5 Å². The van der Waals surface area contributed by atoms with Crippen molar-refractivity contribution in [2.45, 2.75) is 58.0 Å². The third-order valence-corrected chi connectivity index (χ3v) is 5.78. The highest BCUT2D eigenvalue weighted by Crippen LogP contribution is 2.35. The zero-order valence-corrected chi connectivity index (χ0v) is 18.2. The molecule has 1 aliphatic rings. The summed E-state index contributed by atoms with van der Waals surface area (Å²) in [5.74, 6) is 0.222. The van der Waals surface area contributed by atoms with Crippen molar-refractivity contribution < 1.29 is 27.8 Å². The second kappa shape index (κ2) is 11.6. The molecule has 0 heterocycles. The first-order valence-electron chi connectivity index (χ1n) is 11.1. The van der Waals surface area contributed by atoms with Gasteiger partial charge < -0.3 is 14.8 Å². The van der Waals surface area contributed by atoms with Crippen molar-refractivity contribution in [3.63, 3.8) is 0 Å². The summed E-state index contributed by atoms with van der Waals surface area (Å²) in [4.78, 5) is 24.3. The normalized spacial score (nSPS) is 14.2. The molecule has 0 aliphatic heterocycles. The van der Waals surface area contributed by atoms with Crippen LogP contribution >= 0.6 is 0 Å². The summed E-state index contributed by atoms with van der Waals surface area (Å²) < 4.78 is 35.9. The van der Waals surface area contributed by atoms with Gasteiger partial charge in [0.25, 0.3) is 5.91 Å². The van der Waals surface area contributed by atoms with E-state index in [0.717, 1.165) is 12.8 Å². The minimum absolute atomic E-state index is 0.0637. The van der Waals surface area contributed by atoms with Gasteiger partial charge in [0, 0.05) is 24.6 Å². The number of hydrogen-bond acceptors (Lipinski definition) is 4. The Morgan fingerprint density at radius 2 is 1.88 bits per heavy atom. The highest BCUT2D eigenvalue weighted by atomic mass is 19.3. The van der Waals surface area contributed by atoms with Gasteiger partial charge in [-0.2, -0.15) is 8.78 Å². The van der Waals surface area contributed by atoms with Crippen molar-refractivity contribution in [1.29, 1.82) is 0 Å². The van der Waals surface area contributed by atoms with Crippen LogP contribution in [0.3, 0.4) is 0 Å². The number of rotatable bonds is 9. The maximum atomic E-state index is 12.9. The Labute approximate surface area is 187 Å². The molecule has 0 saturated heterocycles. The molecule has 2 aromatic rings. The standard InChI is InChI=1S/C25H29F2NO4/c1-28-24(30)19-11-6-10-18(15-19)21-16-20(13-14-22(21)32-25(26)27)31-23(29)12-5-9-17-7-3-2-4-8-17/h6,10-11,13-17,25H,2-5,7-9,12H2,1H3,(H,28,30). The van der Waals surface area contributed by atoms with Crippen molar-refractivity contribution in [3.05, 3.63) is 48.0 Å². The summed E-state index contributed by atoms with van der Waals surface area (Å²) in [5.41, 5.74) is 1.18. The highest BCUT2D eigenvalue weighted by molar-refractivity contribution is 5.95. The maximum absolute atomic E-state index is 12.9. The Bertz CT molecular complexity index is 926. The molecule has 1 amide bonds. The summed E-state index contributed by atoms with van der Waals surface area (Å²) in [6, 6.07) is 10.8. The fourth-order valence-electron chi connectivity index (χ4n) is 4.16. The molecule has 32 heavy (non-hydrogen) atoms. The van der Waals surface area contributed by atoms with E-state index in [0.29, 0.717) is 29.0 Å². The largest absolute Gasteiger partial charge is 0.434 e. The fraction of sp³-hybridized carbons (Fsp3) is 0.440. The number of ether oxygens (including phenoxy) is 2. The molecule has 0 radical (unpaired) electrons. The molecular weight excluding hydrogens is 416 g/mol. The second-order valence-electron chi connectivity index (χ2n) is 8.07. The zero-order valence-electron chi connectivity index (χ0n) is 18.2. The molecule has 0 unspecified atom stereocenters. The minimum atomic E-state index is -3.01. The quantitative estimate of drug-likeness (QED) is 0.381. The first kappa shape index (κ1) is 23.7. The molecule has 172 valence electrons. The number of carbonyl (C=O) groups excluding carboxylic acids is 2. The molecular formula is C25H29F2NO4. The van der Waals surface area contributed by atoms with E-state index in [1.165, 1.54) is 57.4 Å². The monoisotopic (exact) mass is 445 g/mol. The van der Waals surface area contributed by atoms with E-state index in [4.69, 9.17) is 4.74 Å². The van der Waals surface area contributed by atoms with E-state index in [1.54, 1.807) is 24.3 Å². The van der Waals surface area contributed by atoms with Gasteiger partial charge in [0.2, 0.25) is 0 Å². The van der Waals surface area contributed by atoms with E-state index in [1.807, 2.05) is 0 Å². The smallest absolute Gasteiger partial charge is 0.387 e. The van der Waals surface area contributed by atoms with Crippen molar-refractivity contribution in [2.24, 2.45) is 5.92 Å². The SMILES string of the molecule is CNC(=O)c1cccc(-c2cc(OC(=O)CCCC3CCCCC3)ccc2OC(F)F)c1. The molecule has 0 aromatic heterocycles. The lowest BCUT2D eigenvalue weighted by molar-refractivity contribution is -0.134. The van der Waals surface area contributed by atoms with Gasteiger partial charge >= 0.3 is 12.6 Å². The third kappa shape index (κ3) is 6.77. The van der Waals surface area contributed by atoms with E-state index in [-0.39, 0.29) is 23.4 Å². The van der Waals surface area contributed by atoms with Crippen molar-refractivity contribution in [1.82, 2.24) is 5.32 Å². The fourth-order valence-corrected chi connectivity index (χ4v) is 4.16. The predicted octanol–water partition coefficient (Wildman–Crippen LogP) is 5.97. The second-order valence-corrected chi connectivity index (χ2v) is 8.07. The topological polar surface area (TPSA) is 64.6 Å². The Kier molecular flexibility index (Phi) is 8.59. The zero-order chi connectivity index (χ0) is 22.9. The van der Waals surface area contributed by atoms with E-state index in [2.05, 4.69) is 10.1 Å². The van der Waals surface area contributed by atoms with E-state index >= 15 is 0 Å². The summed E-state index contributed by atoms with van der Waals surface area (Å²) in [6.07, 6.45) is 8.42. The van der Waals surface area contributed by atoms with Crippen LogP contribution in [0.4, 0.5) is 8.78 Å². The summed E-state index contributed by atoms with van der Waals surface area (Å²) in [6.45, 7) is -3.01. The third-order valence-electron chi connectivity index (χ3n) is 5.78. The average molecular weight is 446 g/mol. The molecule has 3 rings (SSSR count). The number of esters is 1. The lowest BCUT2D eigenvalue weighted by atomic mass is 9.86. The average Bonchev–Trinajstić information content (AvgIpc) is 2.80. The van der Waals surface area contributed by atoms with Crippen LogP contribution in [0.15, 0.2) is 42.5 Å². The molecule has 5 nitrogen and oxygen atoms in total. The number of carbonyl (C=O) groups is 2. The number of alkyl halides is 2. The van der Waals surface area contributed by atoms with Gasteiger partial charge in [-0.25, -0.2) is 0 Å². The van der Waals surface area contributed by atoms with Gasteiger partial charge in [0.15, 0.2) is 0 Å². The van der Waals surface area contributed by atoms with Crippen molar-refractivity contribution in [2.75, 3.05) is 7.05 Å². The van der Waals surface area contributed by atoms with Gasteiger partial charge in [0.1, 0.15) is 11.5 Å². The summed E-state index contributed by atoms with van der Waals surface area (Å²) in [5, 5.41) is 2.53. The van der Waals surface area contributed by atoms with E-state index in [9.17, 15) is 18.4 Å². The number of hydrogen-bond donors (Lipinski definition) is 1. The Hall–Kier alpha value is -2.96. The molecule has 7 heteroatoms. The molecule has 1 fully saturated rings.